The van der Waals surface area contributed by atoms with Gasteiger partial charge in [-0.2, -0.15) is 0 Å². The van der Waals surface area contributed by atoms with Gasteiger partial charge in [0, 0.05) is 50.7 Å². The summed E-state index contributed by atoms with van der Waals surface area (Å²) < 4.78 is 61.0. The Hall–Kier alpha value is -4.42. The smallest absolute Gasteiger partial charge is 0.264 e. The van der Waals surface area contributed by atoms with E-state index in [0.717, 1.165) is 40.0 Å². The van der Waals surface area contributed by atoms with Crippen LogP contribution in [-0.2, 0) is 35.6 Å². The minimum atomic E-state index is -4.00. The Labute approximate surface area is 368 Å². The highest BCUT2D eigenvalue weighted by atomic mass is 32.2. The number of sulfonamides is 1. The molecule has 0 aliphatic carbocycles. The van der Waals surface area contributed by atoms with Crippen molar-refractivity contribution in [3.05, 3.63) is 120 Å². The molecule has 1 unspecified atom stereocenters. The van der Waals surface area contributed by atoms with Crippen LogP contribution < -0.4 is 4.74 Å². The summed E-state index contributed by atoms with van der Waals surface area (Å²) in [5.41, 5.74) is 6.15. The van der Waals surface area contributed by atoms with E-state index in [1.165, 1.54) is 17.3 Å². The summed E-state index contributed by atoms with van der Waals surface area (Å²) in [6, 6.07) is 19.0. The third kappa shape index (κ3) is 20.3. The number of nitrogens with zero attached hydrogens (tertiary/aromatic N) is 1. The fourth-order valence-electron chi connectivity index (χ4n) is 6.11. The maximum atomic E-state index is 15.2. The summed E-state index contributed by atoms with van der Waals surface area (Å²) >= 11 is 0. The number of ether oxygens (including phenoxy) is 3. The van der Waals surface area contributed by atoms with Crippen molar-refractivity contribution in [1.82, 2.24) is 4.31 Å². The predicted octanol–water partition coefficient (Wildman–Crippen LogP) is 11.7. The average molecular weight is 870 g/mol. The molecule has 4 rings (SSSR count). The molecule has 1 fully saturated rings. The van der Waals surface area contributed by atoms with E-state index < -0.39 is 10.0 Å². The Kier molecular flexibility index (Phi) is 31.1. The molecular weight excluding hydrogens is 794 g/mol. The van der Waals surface area contributed by atoms with Crippen LogP contribution in [0, 0.1) is 32.1 Å². The molecule has 3 aromatic rings. The Balaban J connectivity index is 0. The van der Waals surface area contributed by atoms with Crippen molar-refractivity contribution in [3.63, 3.8) is 0 Å². The van der Waals surface area contributed by atoms with Gasteiger partial charge in [-0.1, -0.05) is 77.1 Å². The molecule has 1 atom stereocenters. The Morgan fingerprint density at radius 1 is 1.00 bits per heavy atom. The normalized spacial score (nSPS) is 13.2. The number of rotatable bonds is 17. The first-order chi connectivity index (χ1) is 29.1. The highest BCUT2D eigenvalue weighted by Crippen LogP contribution is 2.35. The molecule has 0 amide bonds. The number of carbonyl (C=O) groups is 2. The van der Waals surface area contributed by atoms with Crippen LogP contribution in [0.25, 0.3) is 11.1 Å². The van der Waals surface area contributed by atoms with E-state index >= 15 is 4.39 Å². The summed E-state index contributed by atoms with van der Waals surface area (Å²) in [6.45, 7) is 29.5. The van der Waals surface area contributed by atoms with E-state index in [1.807, 2.05) is 70.0 Å². The number of aryl methyl sites for hydroxylation is 3. The first kappa shape index (κ1) is 58.7. The lowest BCUT2D eigenvalue weighted by molar-refractivity contribution is -0.120. The highest BCUT2D eigenvalue weighted by molar-refractivity contribution is 7.89. The summed E-state index contributed by atoms with van der Waals surface area (Å²) in [7, 11) is -0.748. The second-order valence-corrected chi connectivity index (χ2v) is 16.5. The van der Waals surface area contributed by atoms with Crippen molar-refractivity contribution >= 4 is 22.6 Å². The zero-order chi connectivity index (χ0) is 47.2. The molecule has 0 spiro atoms. The van der Waals surface area contributed by atoms with Crippen LogP contribution in [0.15, 0.2) is 102 Å². The molecule has 11 heteroatoms. The molecule has 1 aliphatic heterocycles. The lowest BCUT2D eigenvalue weighted by Gasteiger charge is -2.37. The molecule has 1 heterocycles. The van der Waals surface area contributed by atoms with Crippen molar-refractivity contribution in [1.29, 1.82) is 0 Å². The molecule has 0 bridgehead atoms. The molecule has 1 saturated heterocycles. The summed E-state index contributed by atoms with van der Waals surface area (Å²) in [5, 5.41) is 7.88. The number of halogens is 1. The molecular formula is C50H76FNO8S. The number of hydrogen-bond acceptors (Lipinski definition) is 8. The molecule has 9 nitrogen and oxygen atoms in total. The number of ketones is 1. The van der Waals surface area contributed by atoms with E-state index in [9.17, 15) is 13.2 Å². The van der Waals surface area contributed by atoms with Crippen LogP contribution >= 0.6 is 0 Å². The summed E-state index contributed by atoms with van der Waals surface area (Å²) in [6.07, 6.45) is 5.78. The molecule has 342 valence electrons. The second-order valence-electron chi connectivity index (χ2n) is 14.7. The van der Waals surface area contributed by atoms with Crippen molar-refractivity contribution in [2.45, 2.75) is 113 Å². The van der Waals surface area contributed by atoms with Crippen LogP contribution in [0.2, 0.25) is 0 Å². The topological polar surface area (TPSA) is 119 Å². The second kappa shape index (κ2) is 32.3. The van der Waals surface area contributed by atoms with Crippen molar-refractivity contribution < 1.29 is 41.7 Å². The van der Waals surface area contributed by atoms with E-state index in [2.05, 4.69) is 38.7 Å². The number of aliphatic hydroxyl groups excluding tert-OH is 1. The average Bonchev–Trinajstić information content (AvgIpc) is 3.24. The lowest BCUT2D eigenvalue weighted by atomic mass is 9.90. The van der Waals surface area contributed by atoms with Gasteiger partial charge in [-0.25, -0.2) is 12.8 Å². The standard InChI is InChI=1S/C40H50FNO5S.C3H8O.C2H6O.C2H6.C2H4.CH2O/c1-8-35(19-20-37(41)28(2)14-11-15-32(6)43)42(48(44,45)38-18-10-9-13-29(38)3)24-33-16-12-17-34(23-33)39-30(4)21-36(22-31(39)5)47-27-40(7)25-46-26-40;1-2-3-4;1-3-2;3*1-2/h8-10,12-13,16-18,20-23,28H,11,14-15,19,24-27H2,1-7H3;4H,2-3H2,1H3;1-2H3;1-2H3;1-2H2;1H2/b35-8+,37-20+;;;;;. The zero-order valence-electron chi connectivity index (χ0n) is 39.2. The molecule has 0 saturated carbocycles. The van der Waals surface area contributed by atoms with E-state index in [0.29, 0.717) is 57.0 Å². The Bertz CT molecular complexity index is 1840. The Morgan fingerprint density at radius 3 is 2.03 bits per heavy atom. The lowest BCUT2D eigenvalue weighted by Crippen LogP contribution is -2.44. The van der Waals surface area contributed by atoms with Crippen LogP contribution in [0.1, 0.15) is 103 Å². The van der Waals surface area contributed by atoms with Gasteiger partial charge in [0.05, 0.1) is 37.1 Å². The predicted molar refractivity (Wildman–Crippen MR) is 251 cm³/mol. The summed E-state index contributed by atoms with van der Waals surface area (Å²) in [4.78, 5) is 19.6. The molecule has 0 aromatic heterocycles. The van der Waals surface area contributed by atoms with Gasteiger partial charge in [0.1, 0.15) is 18.3 Å². The van der Waals surface area contributed by atoms with Crippen LogP contribution in [-0.4, -0.2) is 71.0 Å². The Morgan fingerprint density at radius 2 is 1.56 bits per heavy atom. The van der Waals surface area contributed by atoms with Crippen molar-refractivity contribution in [2.24, 2.45) is 11.3 Å². The van der Waals surface area contributed by atoms with Gasteiger partial charge in [0.15, 0.2) is 0 Å². The van der Waals surface area contributed by atoms with E-state index in [4.69, 9.17) is 19.4 Å². The van der Waals surface area contributed by atoms with Gasteiger partial charge in [0.25, 0.3) is 10.0 Å². The van der Waals surface area contributed by atoms with Crippen LogP contribution in [0.5, 0.6) is 5.75 Å². The number of methoxy groups -OCH3 is 1. The number of aliphatic hydroxyl groups is 1. The molecule has 61 heavy (non-hydrogen) atoms. The quantitative estimate of drug-likeness (QED) is 0.133. The minimum absolute atomic E-state index is 0.0428. The highest BCUT2D eigenvalue weighted by Gasteiger charge is 2.34. The number of Topliss-reactive ketones (excluding diaryl/α,β-unsaturated/α-hetero) is 1. The van der Waals surface area contributed by atoms with Crippen molar-refractivity contribution in [3.8, 4) is 16.9 Å². The van der Waals surface area contributed by atoms with Crippen LogP contribution in [0.4, 0.5) is 4.39 Å². The first-order valence-corrected chi connectivity index (χ1v) is 22.3. The number of carbonyl (C=O) groups excluding carboxylic acids is 2. The molecule has 1 N–H and O–H groups in total. The number of benzene rings is 3. The fourth-order valence-corrected chi connectivity index (χ4v) is 7.88. The summed E-state index contributed by atoms with van der Waals surface area (Å²) in [5.74, 6) is 0.241. The largest absolute Gasteiger partial charge is 0.493 e. The maximum absolute atomic E-state index is 15.2. The number of hydrogen-bond donors (Lipinski definition) is 1. The zero-order valence-corrected chi connectivity index (χ0v) is 40.1. The van der Waals surface area contributed by atoms with Gasteiger partial charge >= 0.3 is 0 Å². The molecule has 0 radical (unpaired) electrons. The first-order valence-electron chi connectivity index (χ1n) is 20.9. The third-order valence-electron chi connectivity index (χ3n) is 9.22. The molecule has 3 aromatic carbocycles. The van der Waals surface area contributed by atoms with Gasteiger partial charge in [0.2, 0.25) is 0 Å². The third-order valence-corrected chi connectivity index (χ3v) is 11.2. The maximum Gasteiger partial charge on any atom is 0.264 e. The van der Waals surface area contributed by atoms with E-state index in [1.54, 1.807) is 59.3 Å². The SMILES string of the molecule is C/C=C(\C/C=C(/F)C(C)CCCC(C)=O)N(Cc1cccc(-c2c(C)cc(OCC3(C)COC3)cc2C)c1)S(=O)(=O)c1ccccc1C.C=C.C=O.CC.CCCO.COC. The fraction of sp³-hybridized carbons (Fsp3) is 0.480. The van der Waals surface area contributed by atoms with Gasteiger partial charge < -0.3 is 28.9 Å². The number of allylic oxidation sites excluding steroid dienone is 3. The van der Waals surface area contributed by atoms with Gasteiger partial charge in [-0.3, -0.25) is 4.31 Å². The monoisotopic (exact) mass is 870 g/mol. The van der Waals surface area contributed by atoms with E-state index in [-0.39, 0.29) is 40.8 Å². The van der Waals surface area contributed by atoms with Crippen LogP contribution in [0.3, 0.4) is 0 Å². The van der Waals surface area contributed by atoms with Crippen molar-refractivity contribution in [2.75, 3.05) is 40.6 Å². The van der Waals surface area contributed by atoms with Gasteiger partial charge in [-0.15, -0.1) is 13.2 Å². The minimum Gasteiger partial charge on any atom is -0.493 e. The van der Waals surface area contributed by atoms with Gasteiger partial charge in [-0.05, 0) is 118 Å². The molecule has 1 aliphatic rings.